The quantitative estimate of drug-likeness (QED) is 0.259. The van der Waals surface area contributed by atoms with E-state index in [1.54, 1.807) is 31.4 Å². The van der Waals surface area contributed by atoms with Gasteiger partial charge in [0, 0.05) is 55.4 Å². The number of thiocarbonyl (C=S) groups is 1. The number of rotatable bonds is 5. The lowest BCUT2D eigenvalue weighted by molar-refractivity contribution is 0.385. The third-order valence-electron chi connectivity index (χ3n) is 5.90. The molecule has 200 valence electrons. The molecular weight excluding hydrogens is 529 g/mol. The molecule has 4 rings (SSSR count). The van der Waals surface area contributed by atoms with E-state index in [4.69, 9.17) is 33.3 Å². The first-order valence-corrected chi connectivity index (χ1v) is 12.7. The van der Waals surface area contributed by atoms with Crippen molar-refractivity contribution in [1.29, 1.82) is 0 Å². The minimum absolute atomic E-state index is 0.195. The van der Waals surface area contributed by atoms with E-state index in [2.05, 4.69) is 35.4 Å². The lowest BCUT2D eigenvalue weighted by Gasteiger charge is -2.37. The average molecular weight is 558 g/mol. The maximum absolute atomic E-state index is 13.4. The van der Waals surface area contributed by atoms with E-state index >= 15 is 0 Å². The van der Waals surface area contributed by atoms with Crippen LogP contribution in [0, 0.1) is 19.7 Å². The minimum atomic E-state index is -0.254. The first-order valence-electron chi connectivity index (χ1n) is 11.9. The largest absolute Gasteiger partial charge is 0.495 e. The fourth-order valence-electron chi connectivity index (χ4n) is 4.09. The number of aliphatic imine (C=N–C) groups is 1. The molecule has 0 unspecified atom stereocenters. The summed E-state index contributed by atoms with van der Waals surface area (Å²) in [6.45, 7) is 6.53. The fourth-order valence-corrected chi connectivity index (χ4v) is 4.51. The van der Waals surface area contributed by atoms with Gasteiger partial charge in [-0.3, -0.25) is 5.32 Å². The van der Waals surface area contributed by atoms with E-state index in [0.717, 1.165) is 17.1 Å². The highest BCUT2D eigenvalue weighted by Gasteiger charge is 2.22. The SMILES string of the molecule is COc1cc(NC(=S)/N=C(/Nc2nc(C)cc(C)n2)N2CCN(c3ccc(F)cc3)CC2)c(OC)cc1Cl. The highest BCUT2D eigenvalue weighted by molar-refractivity contribution is 7.80. The van der Waals surface area contributed by atoms with Crippen LogP contribution in [0.25, 0.3) is 0 Å². The Hall–Kier alpha value is -3.70. The molecule has 0 radical (unpaired) electrons. The third-order valence-corrected chi connectivity index (χ3v) is 6.39. The van der Waals surface area contributed by atoms with Gasteiger partial charge in [-0.05, 0) is 56.4 Å². The van der Waals surface area contributed by atoms with Gasteiger partial charge in [-0.2, -0.15) is 4.99 Å². The predicted molar refractivity (Wildman–Crippen MR) is 154 cm³/mol. The highest BCUT2D eigenvalue weighted by Crippen LogP contribution is 2.36. The van der Waals surface area contributed by atoms with Gasteiger partial charge in [0.05, 0.1) is 24.9 Å². The Kier molecular flexibility index (Phi) is 8.80. The van der Waals surface area contributed by atoms with Gasteiger partial charge < -0.3 is 24.6 Å². The summed E-state index contributed by atoms with van der Waals surface area (Å²) >= 11 is 11.8. The van der Waals surface area contributed by atoms with Crippen LogP contribution in [0.4, 0.5) is 21.7 Å². The fraction of sp³-hybridized carbons (Fsp3) is 0.308. The average Bonchev–Trinajstić information content (AvgIpc) is 2.89. The summed E-state index contributed by atoms with van der Waals surface area (Å²) in [5.74, 6) is 1.64. The second-order valence-corrected chi connectivity index (χ2v) is 9.40. The van der Waals surface area contributed by atoms with Crippen LogP contribution in [0.1, 0.15) is 11.4 Å². The van der Waals surface area contributed by atoms with Crippen molar-refractivity contribution in [2.24, 2.45) is 4.99 Å². The summed E-state index contributed by atoms with van der Waals surface area (Å²) < 4.78 is 24.1. The second kappa shape index (κ2) is 12.2. The van der Waals surface area contributed by atoms with E-state index in [1.807, 2.05) is 19.9 Å². The lowest BCUT2D eigenvalue weighted by Crippen LogP contribution is -2.51. The summed E-state index contributed by atoms with van der Waals surface area (Å²) in [6, 6.07) is 11.8. The molecule has 3 aromatic rings. The van der Waals surface area contributed by atoms with E-state index in [9.17, 15) is 4.39 Å². The van der Waals surface area contributed by atoms with E-state index in [1.165, 1.54) is 19.2 Å². The van der Waals surface area contributed by atoms with E-state index in [0.29, 0.717) is 60.3 Å². The molecule has 0 amide bonds. The predicted octanol–water partition coefficient (Wildman–Crippen LogP) is 4.89. The molecule has 0 bridgehead atoms. The molecule has 1 aliphatic heterocycles. The topological polar surface area (TPSA) is 87.1 Å². The van der Waals surface area contributed by atoms with Crippen LogP contribution in [0.2, 0.25) is 5.02 Å². The van der Waals surface area contributed by atoms with Gasteiger partial charge >= 0.3 is 0 Å². The summed E-state index contributed by atoms with van der Waals surface area (Å²) in [7, 11) is 3.08. The zero-order chi connectivity index (χ0) is 27.2. The van der Waals surface area contributed by atoms with Gasteiger partial charge in [0.15, 0.2) is 0 Å². The number of ether oxygens (including phenoxy) is 2. The van der Waals surface area contributed by atoms with Gasteiger partial charge in [0.25, 0.3) is 0 Å². The molecule has 0 aliphatic carbocycles. The van der Waals surface area contributed by atoms with Gasteiger partial charge in [0.1, 0.15) is 17.3 Å². The summed E-state index contributed by atoms with van der Waals surface area (Å²) in [5.41, 5.74) is 3.19. The number of hydrogen-bond donors (Lipinski definition) is 2. The smallest absolute Gasteiger partial charge is 0.229 e. The number of halogens is 2. The monoisotopic (exact) mass is 557 g/mol. The summed E-state index contributed by atoms with van der Waals surface area (Å²) in [5, 5.41) is 6.97. The standard InChI is InChI=1S/C26H29ClFN7O2S/c1-16-13-17(2)30-24(29-16)32-25(35-11-9-34(10-12-35)19-7-5-18(28)6-8-19)33-26(38)31-21-15-22(36-3)20(27)14-23(21)37-4/h5-8,13-15H,9-12H2,1-4H3,(H2,29,30,31,32,33,38). The zero-order valence-corrected chi connectivity index (χ0v) is 23.2. The van der Waals surface area contributed by atoms with E-state index < -0.39 is 0 Å². The Morgan fingerprint density at radius 1 is 0.947 bits per heavy atom. The number of methoxy groups -OCH3 is 2. The molecule has 1 aliphatic rings. The Morgan fingerprint density at radius 2 is 1.58 bits per heavy atom. The van der Waals surface area contributed by atoms with Crippen molar-refractivity contribution in [2.75, 3.05) is 55.9 Å². The number of anilines is 3. The molecule has 0 spiro atoms. The number of aromatic nitrogens is 2. The zero-order valence-electron chi connectivity index (χ0n) is 21.6. The first kappa shape index (κ1) is 27.3. The van der Waals surface area contributed by atoms with Crippen molar-refractivity contribution in [3.63, 3.8) is 0 Å². The van der Waals surface area contributed by atoms with Crippen LogP contribution in [0.5, 0.6) is 11.5 Å². The Bertz CT molecular complexity index is 1310. The molecule has 0 atom stereocenters. The van der Waals surface area contributed by atoms with Crippen LogP contribution in [0.3, 0.4) is 0 Å². The molecule has 38 heavy (non-hydrogen) atoms. The Labute approximate surface area is 231 Å². The van der Waals surface area contributed by atoms with Crippen LogP contribution in [-0.2, 0) is 0 Å². The van der Waals surface area contributed by atoms with Crippen LogP contribution in [-0.4, -0.2) is 66.3 Å². The number of benzene rings is 2. The first-order chi connectivity index (χ1) is 18.2. The van der Waals surface area contributed by atoms with Crippen molar-refractivity contribution < 1.29 is 13.9 Å². The van der Waals surface area contributed by atoms with Crippen molar-refractivity contribution in [1.82, 2.24) is 14.9 Å². The van der Waals surface area contributed by atoms with Gasteiger partial charge in [-0.1, -0.05) is 11.6 Å². The van der Waals surface area contributed by atoms with Gasteiger partial charge in [-0.25, -0.2) is 14.4 Å². The number of hydrogen-bond acceptors (Lipinski definition) is 6. The number of piperazine rings is 1. The normalized spacial score (nSPS) is 13.8. The Balaban J connectivity index is 1.57. The number of guanidine groups is 1. The molecule has 2 heterocycles. The molecule has 9 nitrogen and oxygen atoms in total. The van der Waals surface area contributed by atoms with Gasteiger partial charge in [0.2, 0.25) is 17.0 Å². The maximum atomic E-state index is 13.4. The number of nitrogens with zero attached hydrogens (tertiary/aromatic N) is 5. The second-order valence-electron chi connectivity index (χ2n) is 8.60. The molecule has 2 aromatic carbocycles. The van der Waals surface area contributed by atoms with Gasteiger partial charge in [-0.15, -0.1) is 0 Å². The van der Waals surface area contributed by atoms with Crippen molar-refractivity contribution >= 4 is 52.2 Å². The van der Waals surface area contributed by atoms with Crippen LogP contribution in [0.15, 0.2) is 47.5 Å². The summed E-state index contributed by atoms with van der Waals surface area (Å²) in [4.78, 5) is 18.0. The van der Waals surface area contributed by atoms with E-state index in [-0.39, 0.29) is 10.9 Å². The minimum Gasteiger partial charge on any atom is -0.495 e. The maximum Gasteiger partial charge on any atom is 0.229 e. The molecule has 0 saturated carbocycles. The molecule has 1 aromatic heterocycles. The molecule has 1 saturated heterocycles. The highest BCUT2D eigenvalue weighted by atomic mass is 35.5. The van der Waals surface area contributed by atoms with Crippen molar-refractivity contribution in [2.45, 2.75) is 13.8 Å². The van der Waals surface area contributed by atoms with Crippen LogP contribution < -0.4 is 25.0 Å². The molecule has 2 N–H and O–H groups in total. The third kappa shape index (κ3) is 6.78. The van der Waals surface area contributed by atoms with Crippen molar-refractivity contribution in [3.05, 3.63) is 64.7 Å². The molecule has 12 heteroatoms. The summed E-state index contributed by atoms with van der Waals surface area (Å²) in [6.07, 6.45) is 0. The van der Waals surface area contributed by atoms with Crippen molar-refractivity contribution in [3.8, 4) is 11.5 Å². The Morgan fingerprint density at radius 3 is 2.18 bits per heavy atom. The lowest BCUT2D eigenvalue weighted by atomic mass is 10.2. The molecule has 1 fully saturated rings. The number of nitrogens with one attached hydrogen (secondary N) is 2. The number of aryl methyl sites for hydroxylation is 2. The van der Waals surface area contributed by atoms with Crippen LogP contribution >= 0.6 is 23.8 Å². The molecular formula is C26H29ClFN7O2S.